The number of rotatable bonds is 6. The number of primary amides is 1. The average molecular weight is 420 g/mol. The summed E-state index contributed by atoms with van der Waals surface area (Å²) in [6.07, 6.45) is 3.24. The van der Waals surface area contributed by atoms with Gasteiger partial charge in [0, 0.05) is 25.6 Å². The van der Waals surface area contributed by atoms with E-state index in [1.165, 1.54) is 22.2 Å². The molecular formula is C19H25N5O4S. The van der Waals surface area contributed by atoms with Crippen LogP contribution < -0.4 is 16.6 Å². The highest BCUT2D eigenvalue weighted by Crippen LogP contribution is 2.29. The van der Waals surface area contributed by atoms with Gasteiger partial charge in [0.15, 0.2) is 0 Å². The van der Waals surface area contributed by atoms with E-state index in [1.807, 2.05) is 6.92 Å². The van der Waals surface area contributed by atoms with Gasteiger partial charge < -0.3 is 16.0 Å². The zero-order chi connectivity index (χ0) is 21.1. The van der Waals surface area contributed by atoms with Crippen LogP contribution in [0.3, 0.4) is 0 Å². The smallest absolute Gasteiger partial charge is 0.264 e. The van der Waals surface area contributed by atoms with Gasteiger partial charge in [-0.1, -0.05) is 6.92 Å². The highest BCUT2D eigenvalue weighted by Gasteiger charge is 2.29. The van der Waals surface area contributed by atoms with Crippen molar-refractivity contribution in [1.82, 2.24) is 19.8 Å². The summed E-state index contributed by atoms with van der Waals surface area (Å²) in [5.74, 6) is -0.949. The molecule has 0 atom stereocenters. The van der Waals surface area contributed by atoms with Gasteiger partial charge in [-0.25, -0.2) is 4.98 Å². The van der Waals surface area contributed by atoms with Gasteiger partial charge in [0.1, 0.15) is 11.4 Å². The SMILES string of the molecule is CCCNC(=O)Cn1cnc2sc(C(=O)N3CCC(C(N)=O)CC3)c(C)c2c1=O. The maximum absolute atomic E-state index is 13.0. The van der Waals surface area contributed by atoms with Crippen LogP contribution in [0.5, 0.6) is 0 Å². The second kappa shape index (κ2) is 8.73. The van der Waals surface area contributed by atoms with Crippen molar-refractivity contribution < 1.29 is 14.4 Å². The minimum absolute atomic E-state index is 0.110. The largest absolute Gasteiger partial charge is 0.369 e. The van der Waals surface area contributed by atoms with Crippen molar-refractivity contribution in [3.63, 3.8) is 0 Å². The van der Waals surface area contributed by atoms with Crippen molar-refractivity contribution in [2.24, 2.45) is 11.7 Å². The minimum atomic E-state index is -0.332. The fraction of sp³-hybridized carbons (Fsp3) is 0.526. The van der Waals surface area contributed by atoms with Crippen molar-refractivity contribution in [3.8, 4) is 0 Å². The first-order valence-corrected chi connectivity index (χ1v) is 10.5. The van der Waals surface area contributed by atoms with Gasteiger partial charge in [-0.2, -0.15) is 0 Å². The van der Waals surface area contributed by atoms with Crippen LogP contribution in [0.1, 0.15) is 41.4 Å². The van der Waals surface area contributed by atoms with E-state index in [1.54, 1.807) is 11.8 Å². The molecule has 0 saturated carbocycles. The van der Waals surface area contributed by atoms with Crippen LogP contribution in [0, 0.1) is 12.8 Å². The second-order valence-corrected chi connectivity index (χ2v) is 8.23. The Morgan fingerprint density at radius 1 is 1.31 bits per heavy atom. The summed E-state index contributed by atoms with van der Waals surface area (Å²) in [6.45, 7) is 5.02. The predicted molar refractivity (Wildman–Crippen MR) is 110 cm³/mol. The fourth-order valence-corrected chi connectivity index (χ4v) is 4.57. The van der Waals surface area contributed by atoms with E-state index < -0.39 is 0 Å². The van der Waals surface area contributed by atoms with Gasteiger partial charge in [0.2, 0.25) is 11.8 Å². The Morgan fingerprint density at radius 2 is 2.00 bits per heavy atom. The normalized spacial score (nSPS) is 14.9. The predicted octanol–water partition coefficient (Wildman–Crippen LogP) is 0.630. The van der Waals surface area contributed by atoms with Gasteiger partial charge in [-0.15, -0.1) is 11.3 Å². The molecule has 2 aromatic rings. The van der Waals surface area contributed by atoms with Crippen LogP contribution in [-0.2, 0) is 16.1 Å². The third-order valence-corrected chi connectivity index (χ3v) is 6.37. The first kappa shape index (κ1) is 21.0. The topological polar surface area (TPSA) is 127 Å². The van der Waals surface area contributed by atoms with E-state index in [4.69, 9.17) is 5.73 Å². The molecule has 0 radical (unpaired) electrons. The monoisotopic (exact) mass is 419 g/mol. The molecule has 3 N–H and O–H groups in total. The maximum atomic E-state index is 13.0. The quantitative estimate of drug-likeness (QED) is 0.710. The molecule has 9 nitrogen and oxygen atoms in total. The van der Waals surface area contributed by atoms with Crippen LogP contribution in [-0.4, -0.2) is 51.8 Å². The zero-order valence-corrected chi connectivity index (χ0v) is 17.4. The molecule has 1 fully saturated rings. The third-order valence-electron chi connectivity index (χ3n) is 5.18. The van der Waals surface area contributed by atoms with E-state index >= 15 is 0 Å². The highest BCUT2D eigenvalue weighted by molar-refractivity contribution is 7.20. The Hall–Kier alpha value is -2.75. The van der Waals surface area contributed by atoms with E-state index in [-0.39, 0.29) is 35.7 Å². The lowest BCUT2D eigenvalue weighted by Crippen LogP contribution is -2.41. The Kier molecular flexibility index (Phi) is 6.31. The van der Waals surface area contributed by atoms with Crippen LogP contribution >= 0.6 is 11.3 Å². The van der Waals surface area contributed by atoms with E-state index in [0.29, 0.717) is 53.1 Å². The van der Waals surface area contributed by atoms with Gasteiger partial charge in [0.25, 0.3) is 11.5 Å². The molecule has 29 heavy (non-hydrogen) atoms. The molecule has 0 aromatic carbocycles. The van der Waals surface area contributed by atoms with E-state index in [2.05, 4.69) is 10.3 Å². The first-order valence-electron chi connectivity index (χ1n) is 9.67. The molecule has 1 saturated heterocycles. The lowest BCUT2D eigenvalue weighted by atomic mass is 9.96. The molecule has 0 unspecified atom stereocenters. The van der Waals surface area contributed by atoms with Crippen molar-refractivity contribution in [3.05, 3.63) is 27.1 Å². The molecule has 3 heterocycles. The number of hydrogen-bond donors (Lipinski definition) is 2. The number of carbonyl (C=O) groups is 3. The number of thiophene rings is 1. The van der Waals surface area contributed by atoms with Crippen molar-refractivity contribution in [1.29, 1.82) is 0 Å². The molecule has 2 aromatic heterocycles. The number of amides is 3. The van der Waals surface area contributed by atoms with E-state index in [0.717, 1.165) is 6.42 Å². The molecule has 1 aliphatic heterocycles. The van der Waals surface area contributed by atoms with Gasteiger partial charge >= 0.3 is 0 Å². The van der Waals surface area contributed by atoms with Crippen molar-refractivity contribution in [2.75, 3.05) is 19.6 Å². The summed E-state index contributed by atoms with van der Waals surface area (Å²) in [5, 5.41) is 3.10. The number of nitrogens with zero attached hydrogens (tertiary/aromatic N) is 3. The number of carbonyl (C=O) groups excluding carboxylic acids is 3. The number of aryl methyl sites for hydroxylation is 1. The Bertz CT molecular complexity index is 1000. The lowest BCUT2D eigenvalue weighted by molar-refractivity contribution is -0.123. The van der Waals surface area contributed by atoms with Crippen molar-refractivity contribution >= 4 is 39.3 Å². The Labute approximate surface area is 171 Å². The summed E-state index contributed by atoms with van der Waals surface area (Å²) in [7, 11) is 0. The van der Waals surface area contributed by atoms with Crippen LogP contribution in [0.15, 0.2) is 11.1 Å². The van der Waals surface area contributed by atoms with Gasteiger partial charge in [0.05, 0.1) is 16.6 Å². The Balaban J connectivity index is 1.84. The van der Waals surface area contributed by atoms with Crippen LogP contribution in [0.2, 0.25) is 0 Å². The van der Waals surface area contributed by atoms with Crippen LogP contribution in [0.25, 0.3) is 10.2 Å². The number of nitrogens with one attached hydrogen (secondary N) is 1. The lowest BCUT2D eigenvalue weighted by Gasteiger charge is -2.30. The summed E-state index contributed by atoms with van der Waals surface area (Å²) in [6, 6.07) is 0. The van der Waals surface area contributed by atoms with Gasteiger partial charge in [-0.3, -0.25) is 23.7 Å². The average Bonchev–Trinajstić information content (AvgIpc) is 3.05. The summed E-state index contributed by atoms with van der Waals surface area (Å²) in [5.41, 5.74) is 5.60. The Morgan fingerprint density at radius 3 is 2.62 bits per heavy atom. The molecule has 0 bridgehead atoms. The maximum Gasteiger partial charge on any atom is 0.264 e. The molecule has 0 aliphatic carbocycles. The molecular weight excluding hydrogens is 394 g/mol. The number of nitrogens with two attached hydrogens (primary N) is 1. The molecule has 156 valence electrons. The summed E-state index contributed by atoms with van der Waals surface area (Å²) in [4.78, 5) is 56.0. The van der Waals surface area contributed by atoms with Crippen LogP contribution in [0.4, 0.5) is 0 Å². The number of hydrogen-bond acceptors (Lipinski definition) is 6. The molecule has 10 heteroatoms. The minimum Gasteiger partial charge on any atom is -0.369 e. The highest BCUT2D eigenvalue weighted by atomic mass is 32.1. The number of piperidine rings is 1. The number of fused-ring (bicyclic) bond motifs is 1. The van der Waals surface area contributed by atoms with Gasteiger partial charge in [-0.05, 0) is 31.7 Å². The molecule has 0 spiro atoms. The number of aromatic nitrogens is 2. The first-order chi connectivity index (χ1) is 13.8. The molecule has 1 aliphatic rings. The van der Waals surface area contributed by atoms with E-state index in [9.17, 15) is 19.2 Å². The molecule has 3 amide bonds. The molecule has 3 rings (SSSR count). The fourth-order valence-electron chi connectivity index (χ4n) is 3.46. The second-order valence-electron chi connectivity index (χ2n) is 7.23. The summed E-state index contributed by atoms with van der Waals surface area (Å²) < 4.78 is 1.26. The zero-order valence-electron chi connectivity index (χ0n) is 16.6. The summed E-state index contributed by atoms with van der Waals surface area (Å²) >= 11 is 1.18. The standard InChI is InChI=1S/C19H25N5O4S/c1-3-6-21-13(25)9-24-10-22-17-14(18(24)27)11(2)15(29-17)19(28)23-7-4-12(5-8-23)16(20)26/h10,12H,3-9H2,1-2H3,(H2,20,26)(H,21,25). The van der Waals surface area contributed by atoms with Crippen molar-refractivity contribution in [2.45, 2.75) is 39.7 Å². The third kappa shape index (κ3) is 4.31. The number of likely N-dealkylation sites (tertiary alicyclic amines) is 1.